The monoisotopic (exact) mass is 387 g/mol. The molecule has 0 bridgehead atoms. The lowest BCUT2D eigenvalue weighted by atomic mass is 10.1. The number of carbonyl (C=O) groups excluding carboxylic acids is 1. The summed E-state index contributed by atoms with van der Waals surface area (Å²) in [5, 5.41) is 5.29. The van der Waals surface area contributed by atoms with E-state index in [1.54, 1.807) is 16.8 Å². The van der Waals surface area contributed by atoms with Gasteiger partial charge in [0.1, 0.15) is 0 Å². The molecule has 2 aromatic heterocycles. The van der Waals surface area contributed by atoms with Crippen molar-refractivity contribution >= 4 is 33.3 Å². The Morgan fingerprint density at radius 1 is 1.00 bits per heavy atom. The fourth-order valence-electron chi connectivity index (χ4n) is 3.69. The lowest BCUT2D eigenvalue weighted by Crippen LogP contribution is -2.24. The molecule has 4 rings (SSSR count). The van der Waals surface area contributed by atoms with Crippen LogP contribution in [0, 0.1) is 5.92 Å². The Hall–Kier alpha value is -3.34. The van der Waals surface area contributed by atoms with Crippen LogP contribution in [0.5, 0.6) is 0 Å². The number of nitrogens with one attached hydrogen (secondary N) is 1. The van der Waals surface area contributed by atoms with E-state index in [1.165, 1.54) is 0 Å². The number of amides is 1. The van der Waals surface area contributed by atoms with E-state index in [-0.39, 0.29) is 11.5 Å². The van der Waals surface area contributed by atoms with Crippen molar-refractivity contribution in [2.75, 3.05) is 5.32 Å². The first-order chi connectivity index (χ1) is 14.0. The Labute approximate surface area is 169 Å². The largest absolute Gasteiger partial charge is 0.350 e. The van der Waals surface area contributed by atoms with Crippen molar-refractivity contribution in [3.63, 3.8) is 0 Å². The fourth-order valence-corrected chi connectivity index (χ4v) is 3.69. The summed E-state index contributed by atoms with van der Waals surface area (Å²) >= 11 is 0. The topological polar surface area (TPSA) is 56.0 Å². The Kier molecular flexibility index (Phi) is 4.97. The normalized spacial score (nSPS) is 11.4. The average Bonchev–Trinajstić information content (AvgIpc) is 3.09. The van der Waals surface area contributed by atoms with Crippen molar-refractivity contribution in [2.45, 2.75) is 26.8 Å². The highest BCUT2D eigenvalue weighted by Crippen LogP contribution is 2.25. The summed E-state index contributed by atoms with van der Waals surface area (Å²) < 4.78 is 3.69. The summed E-state index contributed by atoms with van der Waals surface area (Å²) in [6, 6.07) is 15.2. The summed E-state index contributed by atoms with van der Waals surface area (Å²) in [6.45, 7) is 4.84. The second kappa shape index (κ2) is 7.59. The zero-order chi connectivity index (χ0) is 20.5. The van der Waals surface area contributed by atoms with Crippen molar-refractivity contribution in [3.05, 3.63) is 76.8 Å². The van der Waals surface area contributed by atoms with E-state index in [1.807, 2.05) is 60.3 Å². The number of aryl methyl sites for hydroxylation is 2. The van der Waals surface area contributed by atoms with Crippen LogP contribution in [0.25, 0.3) is 21.7 Å². The molecule has 29 heavy (non-hydrogen) atoms. The second-order valence-electron chi connectivity index (χ2n) is 7.89. The van der Waals surface area contributed by atoms with Gasteiger partial charge in [0.15, 0.2) is 0 Å². The number of rotatable bonds is 5. The fraction of sp³-hybridized carbons (Fsp3) is 0.250. The number of aromatic nitrogens is 2. The van der Waals surface area contributed by atoms with Crippen LogP contribution in [0.2, 0.25) is 0 Å². The van der Waals surface area contributed by atoms with Crippen molar-refractivity contribution < 1.29 is 4.79 Å². The van der Waals surface area contributed by atoms with Crippen LogP contribution in [0.15, 0.2) is 65.7 Å². The molecule has 1 N–H and O–H groups in total. The lowest BCUT2D eigenvalue weighted by molar-refractivity contribution is 0.102. The van der Waals surface area contributed by atoms with Gasteiger partial charge in [0.05, 0.1) is 11.3 Å². The number of pyridine rings is 1. The van der Waals surface area contributed by atoms with Gasteiger partial charge in [-0.3, -0.25) is 9.59 Å². The smallest absolute Gasteiger partial charge is 0.258 e. The SMILES string of the molecule is CC(C)CCn1cc(C(=O)Nc2cccc3c2ccn3C)c2ccccc2c1=O. The van der Waals surface area contributed by atoms with Gasteiger partial charge in [-0.2, -0.15) is 0 Å². The molecule has 0 radical (unpaired) electrons. The Morgan fingerprint density at radius 3 is 2.52 bits per heavy atom. The minimum atomic E-state index is -0.212. The number of hydrogen-bond donors (Lipinski definition) is 1. The van der Waals surface area contributed by atoms with E-state index in [2.05, 4.69) is 19.2 Å². The standard InChI is InChI=1S/C24H25N3O2/c1-16(2)11-14-27-15-20(17-7-4-5-8-18(17)24(27)29)23(28)25-21-9-6-10-22-19(21)12-13-26(22)3/h4-10,12-13,15-16H,11,14H2,1-3H3,(H,25,28). The molecule has 5 heteroatoms. The summed E-state index contributed by atoms with van der Waals surface area (Å²) in [5.41, 5.74) is 2.27. The van der Waals surface area contributed by atoms with Crippen molar-refractivity contribution in [2.24, 2.45) is 13.0 Å². The third-order valence-corrected chi connectivity index (χ3v) is 5.36. The minimum absolute atomic E-state index is 0.0528. The first kappa shape index (κ1) is 19.0. The van der Waals surface area contributed by atoms with Gasteiger partial charge in [-0.25, -0.2) is 0 Å². The summed E-state index contributed by atoms with van der Waals surface area (Å²) in [6.07, 6.45) is 4.55. The van der Waals surface area contributed by atoms with E-state index in [4.69, 9.17) is 0 Å². The number of hydrogen-bond acceptors (Lipinski definition) is 2. The molecule has 5 nitrogen and oxygen atoms in total. The second-order valence-corrected chi connectivity index (χ2v) is 7.89. The maximum Gasteiger partial charge on any atom is 0.258 e. The number of nitrogens with zero attached hydrogens (tertiary/aromatic N) is 2. The first-order valence-corrected chi connectivity index (χ1v) is 9.93. The number of anilines is 1. The van der Waals surface area contributed by atoms with E-state index >= 15 is 0 Å². The summed E-state index contributed by atoms with van der Waals surface area (Å²) in [4.78, 5) is 26.1. The molecule has 0 fully saturated rings. The Morgan fingerprint density at radius 2 is 1.76 bits per heavy atom. The molecule has 0 atom stereocenters. The number of carbonyl (C=O) groups is 1. The third kappa shape index (κ3) is 3.56. The molecule has 0 spiro atoms. The molecule has 0 aliphatic rings. The van der Waals surface area contributed by atoms with Crippen LogP contribution in [-0.4, -0.2) is 15.0 Å². The van der Waals surface area contributed by atoms with Crippen molar-refractivity contribution in [3.8, 4) is 0 Å². The van der Waals surface area contributed by atoms with Crippen LogP contribution < -0.4 is 10.9 Å². The molecule has 4 aromatic rings. The molecule has 2 aromatic carbocycles. The predicted molar refractivity (Wildman–Crippen MR) is 119 cm³/mol. The number of fused-ring (bicyclic) bond motifs is 2. The third-order valence-electron chi connectivity index (χ3n) is 5.36. The quantitative estimate of drug-likeness (QED) is 0.535. The van der Waals surface area contributed by atoms with Gasteiger partial charge < -0.3 is 14.5 Å². The highest BCUT2D eigenvalue weighted by Gasteiger charge is 2.16. The highest BCUT2D eigenvalue weighted by atomic mass is 16.2. The van der Waals surface area contributed by atoms with E-state index in [9.17, 15) is 9.59 Å². The lowest BCUT2D eigenvalue weighted by Gasteiger charge is -2.14. The molecule has 0 saturated carbocycles. The van der Waals surface area contributed by atoms with Crippen LogP contribution in [0.1, 0.15) is 30.6 Å². The zero-order valence-corrected chi connectivity index (χ0v) is 17.0. The van der Waals surface area contributed by atoms with Gasteiger partial charge in [0.2, 0.25) is 0 Å². The van der Waals surface area contributed by atoms with Crippen LogP contribution in [0.3, 0.4) is 0 Å². The van der Waals surface area contributed by atoms with Gasteiger partial charge in [-0.1, -0.05) is 38.1 Å². The molecule has 1 amide bonds. The Balaban J connectivity index is 1.78. The molecule has 0 unspecified atom stereocenters. The zero-order valence-electron chi connectivity index (χ0n) is 17.0. The molecule has 0 aliphatic carbocycles. The molecular weight excluding hydrogens is 362 g/mol. The van der Waals surface area contributed by atoms with Crippen LogP contribution in [-0.2, 0) is 13.6 Å². The summed E-state index contributed by atoms with van der Waals surface area (Å²) in [7, 11) is 1.98. The van der Waals surface area contributed by atoms with Gasteiger partial charge in [-0.05, 0) is 36.6 Å². The molecule has 148 valence electrons. The average molecular weight is 387 g/mol. The summed E-state index contributed by atoms with van der Waals surface area (Å²) in [5.74, 6) is 0.261. The van der Waals surface area contributed by atoms with E-state index < -0.39 is 0 Å². The predicted octanol–water partition coefficient (Wildman–Crippen LogP) is 4.79. The number of benzene rings is 2. The first-order valence-electron chi connectivity index (χ1n) is 9.93. The highest BCUT2D eigenvalue weighted by molar-refractivity contribution is 6.14. The maximum atomic E-state index is 13.2. The molecular formula is C24H25N3O2. The van der Waals surface area contributed by atoms with Crippen LogP contribution in [0.4, 0.5) is 5.69 Å². The van der Waals surface area contributed by atoms with E-state index in [0.29, 0.717) is 28.8 Å². The van der Waals surface area contributed by atoms with Gasteiger partial charge in [0, 0.05) is 47.7 Å². The van der Waals surface area contributed by atoms with Crippen molar-refractivity contribution in [1.29, 1.82) is 0 Å². The van der Waals surface area contributed by atoms with Gasteiger partial charge in [0.25, 0.3) is 11.5 Å². The van der Waals surface area contributed by atoms with Gasteiger partial charge >= 0.3 is 0 Å². The molecule has 0 saturated heterocycles. The minimum Gasteiger partial charge on any atom is -0.350 e. The molecule has 0 aliphatic heterocycles. The van der Waals surface area contributed by atoms with Gasteiger partial charge in [-0.15, -0.1) is 0 Å². The Bertz CT molecular complexity index is 1260. The maximum absolute atomic E-state index is 13.2. The van der Waals surface area contributed by atoms with E-state index in [0.717, 1.165) is 23.0 Å². The van der Waals surface area contributed by atoms with Crippen molar-refractivity contribution in [1.82, 2.24) is 9.13 Å². The van der Waals surface area contributed by atoms with Crippen LogP contribution >= 0.6 is 0 Å². The molecule has 2 heterocycles.